The smallest absolute Gasteiger partial charge is 0.326 e. The molecule has 5 unspecified atom stereocenters. The predicted molar refractivity (Wildman–Crippen MR) is 103 cm³/mol. The second kappa shape index (κ2) is 12.1. The number of hydrogen-bond donors (Lipinski definition) is 7. The van der Waals surface area contributed by atoms with Crippen LogP contribution in [0, 0.1) is 5.92 Å². The van der Waals surface area contributed by atoms with Gasteiger partial charge in [-0.1, -0.05) is 20.3 Å². The zero-order chi connectivity index (χ0) is 22.8. The van der Waals surface area contributed by atoms with Crippen molar-refractivity contribution in [3.8, 4) is 0 Å². The van der Waals surface area contributed by atoms with Gasteiger partial charge in [-0.05, 0) is 25.3 Å². The Kier molecular flexibility index (Phi) is 10.2. The first kappa shape index (κ1) is 25.3. The Bertz CT molecular complexity index is 650. The average molecular weight is 430 g/mol. The number of carboxylic acids is 2. The minimum absolute atomic E-state index is 0.434. The van der Waals surface area contributed by atoms with Gasteiger partial charge in [0.05, 0.1) is 19.1 Å². The van der Waals surface area contributed by atoms with Gasteiger partial charge in [0.25, 0.3) is 0 Å². The standard InChI is InChI=1S/C18H30N4O8/c1-3-9(2)14(18(29)30)22-16(27)11(7-13(24)25)20-17(28)12(8-23)21-15(26)10-5-4-6-19-10/h9-12,14,19,23H,3-8H2,1-2H3,(H,20,28)(H,21,26)(H,22,27)(H,24,25)(H,29,30). The number of aliphatic hydroxyl groups is 1. The van der Waals surface area contributed by atoms with Gasteiger partial charge >= 0.3 is 11.9 Å². The van der Waals surface area contributed by atoms with E-state index in [-0.39, 0.29) is 0 Å². The van der Waals surface area contributed by atoms with Crippen molar-refractivity contribution in [2.45, 2.75) is 63.7 Å². The lowest BCUT2D eigenvalue weighted by molar-refractivity contribution is -0.144. The molecule has 0 saturated carbocycles. The molecule has 7 N–H and O–H groups in total. The van der Waals surface area contributed by atoms with Crippen LogP contribution >= 0.6 is 0 Å². The summed E-state index contributed by atoms with van der Waals surface area (Å²) < 4.78 is 0. The first-order valence-electron chi connectivity index (χ1n) is 9.80. The fourth-order valence-corrected chi connectivity index (χ4v) is 2.97. The van der Waals surface area contributed by atoms with Crippen molar-refractivity contribution in [2.75, 3.05) is 13.2 Å². The molecule has 0 aromatic heterocycles. The summed E-state index contributed by atoms with van der Waals surface area (Å²) in [4.78, 5) is 59.6. The van der Waals surface area contributed by atoms with Crippen molar-refractivity contribution in [1.82, 2.24) is 21.3 Å². The summed E-state index contributed by atoms with van der Waals surface area (Å²) >= 11 is 0. The fourth-order valence-electron chi connectivity index (χ4n) is 2.97. The zero-order valence-corrected chi connectivity index (χ0v) is 17.0. The quantitative estimate of drug-likeness (QED) is 0.180. The molecule has 1 rings (SSSR count). The minimum Gasteiger partial charge on any atom is -0.481 e. The molecule has 0 aliphatic carbocycles. The van der Waals surface area contributed by atoms with Crippen molar-refractivity contribution in [2.24, 2.45) is 5.92 Å². The molecule has 1 saturated heterocycles. The highest BCUT2D eigenvalue weighted by atomic mass is 16.4. The number of carbonyl (C=O) groups excluding carboxylic acids is 3. The van der Waals surface area contributed by atoms with Crippen LogP contribution in [0.4, 0.5) is 0 Å². The molecular formula is C18H30N4O8. The summed E-state index contributed by atoms with van der Waals surface area (Å²) in [6.07, 6.45) is 0.999. The molecular weight excluding hydrogens is 400 g/mol. The topological polar surface area (TPSA) is 194 Å². The summed E-state index contributed by atoms with van der Waals surface area (Å²) in [7, 11) is 0. The van der Waals surface area contributed by atoms with Gasteiger partial charge in [0.2, 0.25) is 17.7 Å². The molecule has 0 aromatic carbocycles. The average Bonchev–Trinajstić information content (AvgIpc) is 3.22. The number of carbonyl (C=O) groups is 5. The first-order chi connectivity index (χ1) is 14.1. The molecule has 170 valence electrons. The maximum atomic E-state index is 12.5. The van der Waals surface area contributed by atoms with Crippen LogP contribution < -0.4 is 21.3 Å². The van der Waals surface area contributed by atoms with Crippen LogP contribution in [0.5, 0.6) is 0 Å². The van der Waals surface area contributed by atoms with Crippen molar-refractivity contribution in [1.29, 1.82) is 0 Å². The summed E-state index contributed by atoms with van der Waals surface area (Å²) in [5.74, 6) is -5.56. The normalized spacial score (nSPS) is 19.8. The first-order valence-corrected chi connectivity index (χ1v) is 9.80. The Balaban J connectivity index is 2.84. The summed E-state index contributed by atoms with van der Waals surface area (Å²) in [6.45, 7) is 3.22. The molecule has 12 heteroatoms. The van der Waals surface area contributed by atoms with Crippen LogP contribution in [0.1, 0.15) is 39.5 Å². The number of aliphatic hydroxyl groups excluding tert-OH is 1. The summed E-state index contributed by atoms with van der Waals surface area (Å²) in [5, 5.41) is 37.5. The fraction of sp³-hybridized carbons (Fsp3) is 0.722. The van der Waals surface area contributed by atoms with E-state index in [4.69, 9.17) is 5.11 Å². The molecule has 0 radical (unpaired) electrons. The SMILES string of the molecule is CCC(C)C(NC(=O)C(CC(=O)O)NC(=O)C(CO)NC(=O)C1CCCN1)C(=O)O. The van der Waals surface area contributed by atoms with E-state index in [9.17, 15) is 34.2 Å². The molecule has 12 nitrogen and oxygen atoms in total. The summed E-state index contributed by atoms with van der Waals surface area (Å²) in [6, 6.07) is -4.75. The van der Waals surface area contributed by atoms with E-state index >= 15 is 0 Å². The van der Waals surface area contributed by atoms with E-state index < -0.39 is 72.8 Å². The third-order valence-corrected chi connectivity index (χ3v) is 4.98. The van der Waals surface area contributed by atoms with E-state index in [0.717, 1.165) is 6.42 Å². The van der Waals surface area contributed by atoms with Gasteiger partial charge < -0.3 is 36.6 Å². The van der Waals surface area contributed by atoms with Gasteiger partial charge in [-0.15, -0.1) is 0 Å². The Labute approximate surface area is 173 Å². The Morgan fingerprint density at radius 3 is 2.13 bits per heavy atom. The number of carboxylic acid groups (broad SMARTS) is 2. The van der Waals surface area contributed by atoms with Crippen molar-refractivity contribution < 1.29 is 39.3 Å². The number of nitrogens with one attached hydrogen (secondary N) is 4. The van der Waals surface area contributed by atoms with Crippen molar-refractivity contribution in [3.05, 3.63) is 0 Å². The van der Waals surface area contributed by atoms with Crippen LogP contribution in [0.25, 0.3) is 0 Å². The van der Waals surface area contributed by atoms with Gasteiger partial charge in [-0.3, -0.25) is 19.2 Å². The van der Waals surface area contributed by atoms with Crippen LogP contribution in [-0.2, 0) is 24.0 Å². The molecule has 30 heavy (non-hydrogen) atoms. The van der Waals surface area contributed by atoms with E-state index in [0.29, 0.717) is 19.4 Å². The third-order valence-electron chi connectivity index (χ3n) is 4.98. The molecule has 1 aliphatic heterocycles. The number of hydrogen-bond acceptors (Lipinski definition) is 7. The highest BCUT2D eigenvalue weighted by Crippen LogP contribution is 2.09. The Morgan fingerprint density at radius 2 is 1.67 bits per heavy atom. The molecule has 5 atom stereocenters. The molecule has 1 aliphatic rings. The maximum absolute atomic E-state index is 12.5. The van der Waals surface area contributed by atoms with E-state index in [1.54, 1.807) is 13.8 Å². The molecule has 0 bridgehead atoms. The van der Waals surface area contributed by atoms with Gasteiger partial charge in [-0.25, -0.2) is 4.79 Å². The highest BCUT2D eigenvalue weighted by molar-refractivity contribution is 5.95. The Hall–Kier alpha value is -2.73. The van der Waals surface area contributed by atoms with Gasteiger partial charge in [0.15, 0.2) is 0 Å². The van der Waals surface area contributed by atoms with Gasteiger partial charge in [0, 0.05) is 0 Å². The number of amides is 3. The number of rotatable bonds is 12. The van der Waals surface area contributed by atoms with E-state index in [2.05, 4.69) is 21.3 Å². The largest absolute Gasteiger partial charge is 0.481 e. The minimum atomic E-state index is -1.59. The van der Waals surface area contributed by atoms with Crippen molar-refractivity contribution in [3.63, 3.8) is 0 Å². The molecule has 0 spiro atoms. The molecule has 1 heterocycles. The molecule has 0 aromatic rings. The lowest BCUT2D eigenvalue weighted by Gasteiger charge is -2.25. The van der Waals surface area contributed by atoms with Gasteiger partial charge in [0.1, 0.15) is 18.1 Å². The lowest BCUT2D eigenvalue weighted by Crippen LogP contribution is -2.58. The Morgan fingerprint density at radius 1 is 1.03 bits per heavy atom. The third kappa shape index (κ3) is 7.59. The van der Waals surface area contributed by atoms with Crippen LogP contribution in [0.3, 0.4) is 0 Å². The van der Waals surface area contributed by atoms with Crippen LogP contribution in [0.15, 0.2) is 0 Å². The van der Waals surface area contributed by atoms with E-state index in [1.807, 2.05) is 0 Å². The lowest BCUT2D eigenvalue weighted by atomic mass is 9.98. The second-order valence-corrected chi connectivity index (χ2v) is 7.26. The van der Waals surface area contributed by atoms with Crippen molar-refractivity contribution >= 4 is 29.7 Å². The highest BCUT2D eigenvalue weighted by Gasteiger charge is 2.33. The maximum Gasteiger partial charge on any atom is 0.326 e. The van der Waals surface area contributed by atoms with Crippen LogP contribution in [-0.4, -0.2) is 82.3 Å². The van der Waals surface area contributed by atoms with E-state index in [1.165, 1.54) is 0 Å². The van der Waals surface area contributed by atoms with Gasteiger partial charge in [-0.2, -0.15) is 0 Å². The summed E-state index contributed by atoms with van der Waals surface area (Å²) in [5.41, 5.74) is 0. The zero-order valence-electron chi connectivity index (χ0n) is 17.0. The molecule has 1 fully saturated rings. The monoisotopic (exact) mass is 430 g/mol. The number of aliphatic carboxylic acids is 2. The second-order valence-electron chi connectivity index (χ2n) is 7.26. The molecule has 3 amide bonds. The predicted octanol–water partition coefficient (Wildman–Crippen LogP) is -2.21. The van der Waals surface area contributed by atoms with Crippen LogP contribution in [0.2, 0.25) is 0 Å².